The predicted octanol–water partition coefficient (Wildman–Crippen LogP) is 3.88. The van der Waals surface area contributed by atoms with Crippen molar-refractivity contribution in [3.05, 3.63) is 58.7 Å². The van der Waals surface area contributed by atoms with E-state index in [9.17, 15) is 9.59 Å². The first kappa shape index (κ1) is 18.9. The molecule has 132 valence electrons. The topological polar surface area (TPSA) is 75.6 Å². The van der Waals surface area contributed by atoms with E-state index in [1.165, 1.54) is 11.8 Å². The molecule has 0 aliphatic carbocycles. The van der Waals surface area contributed by atoms with Crippen molar-refractivity contribution in [2.24, 2.45) is 0 Å². The predicted molar refractivity (Wildman–Crippen MR) is 101 cm³/mol. The highest BCUT2D eigenvalue weighted by Gasteiger charge is 2.11. The lowest BCUT2D eigenvalue weighted by atomic mass is 10.0. The highest BCUT2D eigenvalue weighted by Crippen LogP contribution is 2.25. The molecule has 0 heterocycles. The molecule has 0 atom stereocenters. The van der Waals surface area contributed by atoms with Crippen LogP contribution in [0.3, 0.4) is 0 Å². The van der Waals surface area contributed by atoms with Crippen molar-refractivity contribution in [2.45, 2.75) is 19.6 Å². The molecule has 2 aromatic rings. The zero-order chi connectivity index (χ0) is 18.4. The van der Waals surface area contributed by atoms with Crippen LogP contribution in [0.25, 0.3) is 0 Å². The molecule has 0 fully saturated rings. The number of carboxylic acid groups (broad SMARTS) is 1. The van der Waals surface area contributed by atoms with Crippen molar-refractivity contribution in [1.29, 1.82) is 0 Å². The maximum atomic E-state index is 12.5. The van der Waals surface area contributed by atoms with Crippen LogP contribution < -0.4 is 10.1 Å². The Labute approximate surface area is 151 Å². The SMILES string of the molecule is COc1c(C)cc(C(=O)Nc2cccc(CSCC(=O)O)c2)cc1C. The van der Waals surface area contributed by atoms with Crippen LogP contribution in [0.4, 0.5) is 5.69 Å². The summed E-state index contributed by atoms with van der Waals surface area (Å²) in [5.41, 5.74) is 4.04. The quantitative estimate of drug-likeness (QED) is 0.784. The number of amides is 1. The second-order valence-corrected chi connectivity index (χ2v) is 6.67. The molecule has 0 saturated carbocycles. The van der Waals surface area contributed by atoms with Gasteiger partial charge in [-0.1, -0.05) is 12.1 Å². The zero-order valence-electron chi connectivity index (χ0n) is 14.5. The zero-order valence-corrected chi connectivity index (χ0v) is 15.3. The van der Waals surface area contributed by atoms with Crippen molar-refractivity contribution in [3.8, 4) is 5.75 Å². The van der Waals surface area contributed by atoms with Crippen LogP contribution in [-0.4, -0.2) is 29.8 Å². The number of benzene rings is 2. The molecule has 1 amide bonds. The summed E-state index contributed by atoms with van der Waals surface area (Å²) in [6.45, 7) is 3.81. The van der Waals surface area contributed by atoms with Gasteiger partial charge in [0.2, 0.25) is 0 Å². The van der Waals surface area contributed by atoms with Gasteiger partial charge in [-0.25, -0.2) is 0 Å². The highest BCUT2D eigenvalue weighted by atomic mass is 32.2. The summed E-state index contributed by atoms with van der Waals surface area (Å²) in [5, 5.41) is 11.6. The minimum atomic E-state index is -0.834. The number of aliphatic carboxylic acids is 1. The smallest absolute Gasteiger partial charge is 0.313 e. The van der Waals surface area contributed by atoms with E-state index in [-0.39, 0.29) is 11.7 Å². The highest BCUT2D eigenvalue weighted by molar-refractivity contribution is 7.99. The molecule has 0 bridgehead atoms. The summed E-state index contributed by atoms with van der Waals surface area (Å²) in [6.07, 6.45) is 0. The molecule has 2 rings (SSSR count). The Kier molecular flexibility index (Phi) is 6.47. The number of carboxylic acids is 1. The van der Waals surface area contributed by atoms with Crippen LogP contribution in [0, 0.1) is 13.8 Å². The molecule has 2 N–H and O–H groups in total. The van der Waals surface area contributed by atoms with E-state index in [2.05, 4.69) is 5.32 Å². The molecule has 0 aliphatic heterocycles. The van der Waals surface area contributed by atoms with Gasteiger partial charge in [-0.15, -0.1) is 11.8 Å². The van der Waals surface area contributed by atoms with Crippen molar-refractivity contribution < 1.29 is 19.4 Å². The van der Waals surface area contributed by atoms with Gasteiger partial charge >= 0.3 is 5.97 Å². The van der Waals surface area contributed by atoms with Crippen LogP contribution in [0.1, 0.15) is 27.0 Å². The number of carbonyl (C=O) groups is 2. The van der Waals surface area contributed by atoms with Gasteiger partial charge in [0.15, 0.2) is 0 Å². The third-order valence-electron chi connectivity index (χ3n) is 3.61. The number of nitrogens with one attached hydrogen (secondary N) is 1. The maximum absolute atomic E-state index is 12.5. The average molecular weight is 359 g/mol. The summed E-state index contributed by atoms with van der Waals surface area (Å²) >= 11 is 1.32. The van der Waals surface area contributed by atoms with Crippen LogP contribution >= 0.6 is 11.8 Å². The Morgan fingerprint density at radius 2 is 1.84 bits per heavy atom. The van der Waals surface area contributed by atoms with Crippen molar-refractivity contribution in [3.63, 3.8) is 0 Å². The first-order valence-corrected chi connectivity index (χ1v) is 8.91. The first-order valence-electron chi connectivity index (χ1n) is 7.75. The van der Waals surface area contributed by atoms with Crippen LogP contribution in [-0.2, 0) is 10.5 Å². The molecule has 0 aromatic heterocycles. The van der Waals surface area contributed by atoms with Crippen LogP contribution in [0.15, 0.2) is 36.4 Å². The fourth-order valence-corrected chi connectivity index (χ4v) is 3.29. The van der Waals surface area contributed by atoms with Crippen molar-refractivity contribution in [2.75, 3.05) is 18.2 Å². The Balaban J connectivity index is 2.09. The van der Waals surface area contributed by atoms with E-state index in [0.29, 0.717) is 17.0 Å². The van der Waals surface area contributed by atoms with Gasteiger partial charge in [0.05, 0.1) is 12.9 Å². The Morgan fingerprint density at radius 1 is 1.16 bits per heavy atom. The van der Waals surface area contributed by atoms with Gasteiger partial charge in [-0.3, -0.25) is 9.59 Å². The minimum absolute atomic E-state index is 0.0565. The average Bonchev–Trinajstić information content (AvgIpc) is 2.54. The van der Waals surface area contributed by atoms with Crippen molar-refractivity contribution in [1.82, 2.24) is 0 Å². The van der Waals surface area contributed by atoms with Crippen LogP contribution in [0.5, 0.6) is 5.75 Å². The summed E-state index contributed by atoms with van der Waals surface area (Å²) in [4.78, 5) is 23.1. The molecule has 0 radical (unpaired) electrons. The number of hydrogen-bond donors (Lipinski definition) is 2. The summed E-state index contributed by atoms with van der Waals surface area (Å²) in [5.74, 6) is 0.399. The number of aryl methyl sites for hydroxylation is 2. The minimum Gasteiger partial charge on any atom is -0.496 e. The molecule has 25 heavy (non-hydrogen) atoms. The molecule has 0 spiro atoms. The Morgan fingerprint density at radius 3 is 2.44 bits per heavy atom. The Bertz CT molecular complexity index is 766. The molecule has 0 saturated heterocycles. The van der Waals surface area contributed by atoms with E-state index < -0.39 is 5.97 Å². The van der Waals surface area contributed by atoms with E-state index in [1.807, 2.05) is 38.1 Å². The van der Waals surface area contributed by atoms with Gasteiger partial charge in [0.1, 0.15) is 5.75 Å². The monoisotopic (exact) mass is 359 g/mol. The number of anilines is 1. The summed E-state index contributed by atoms with van der Waals surface area (Å²) in [7, 11) is 1.61. The first-order chi connectivity index (χ1) is 11.9. The molecule has 0 aliphatic rings. The van der Waals surface area contributed by atoms with Gasteiger partial charge in [-0.2, -0.15) is 0 Å². The molecular weight excluding hydrogens is 338 g/mol. The number of ether oxygens (including phenoxy) is 1. The Hall–Kier alpha value is -2.47. The van der Waals surface area contributed by atoms with Crippen LogP contribution in [0.2, 0.25) is 0 Å². The van der Waals surface area contributed by atoms with Gasteiger partial charge in [0, 0.05) is 17.0 Å². The fourth-order valence-electron chi connectivity index (χ4n) is 2.60. The third kappa shape index (κ3) is 5.26. The van der Waals surface area contributed by atoms with E-state index in [4.69, 9.17) is 9.84 Å². The lowest BCUT2D eigenvalue weighted by Crippen LogP contribution is -2.13. The number of thioether (sulfide) groups is 1. The van der Waals surface area contributed by atoms with Gasteiger partial charge < -0.3 is 15.2 Å². The van der Waals surface area contributed by atoms with Crippen molar-refractivity contribution >= 4 is 29.3 Å². The van der Waals surface area contributed by atoms with Gasteiger partial charge in [0.25, 0.3) is 5.91 Å². The molecular formula is C19H21NO4S. The molecule has 6 heteroatoms. The second-order valence-electron chi connectivity index (χ2n) is 5.68. The van der Waals surface area contributed by atoms with Gasteiger partial charge in [-0.05, 0) is 54.8 Å². The summed E-state index contributed by atoms with van der Waals surface area (Å²) in [6, 6.07) is 11.0. The number of rotatable bonds is 7. The number of hydrogen-bond acceptors (Lipinski definition) is 4. The lowest BCUT2D eigenvalue weighted by Gasteiger charge is -2.12. The summed E-state index contributed by atoms with van der Waals surface area (Å²) < 4.78 is 5.32. The number of methoxy groups -OCH3 is 1. The van der Waals surface area contributed by atoms with E-state index in [1.54, 1.807) is 19.2 Å². The molecule has 2 aromatic carbocycles. The molecule has 5 nitrogen and oxygen atoms in total. The van der Waals surface area contributed by atoms with E-state index in [0.717, 1.165) is 22.4 Å². The lowest BCUT2D eigenvalue weighted by molar-refractivity contribution is -0.133. The standard InChI is InChI=1S/C19H21NO4S/c1-12-7-15(8-13(2)18(12)24-3)19(23)20-16-6-4-5-14(9-16)10-25-11-17(21)22/h4-9H,10-11H2,1-3H3,(H,20,23)(H,21,22). The second kappa shape index (κ2) is 8.58. The third-order valence-corrected chi connectivity index (χ3v) is 4.59. The normalized spacial score (nSPS) is 10.4. The number of carbonyl (C=O) groups excluding carboxylic acids is 1. The maximum Gasteiger partial charge on any atom is 0.313 e. The fraction of sp³-hybridized carbons (Fsp3) is 0.263. The van der Waals surface area contributed by atoms with E-state index >= 15 is 0 Å². The molecule has 0 unspecified atom stereocenters. The largest absolute Gasteiger partial charge is 0.496 e.